The first-order valence-electron chi connectivity index (χ1n) is 8.48. The molecule has 19 nitrogen and oxygen atoms in total. The molecule has 9 N–H and O–H groups in total. The number of fused-ring (bicyclic) bond motifs is 1. The van der Waals surface area contributed by atoms with Gasteiger partial charge in [0.25, 0.3) is 5.56 Å². The zero-order valence-corrected chi connectivity index (χ0v) is 18.9. The Hall–Kier alpha value is -1.56. The van der Waals surface area contributed by atoms with Crippen molar-refractivity contribution in [2.75, 3.05) is 12.3 Å². The summed E-state index contributed by atoms with van der Waals surface area (Å²) in [5.74, 6) is -0.280. The number of aliphatic hydroxyl groups is 2. The van der Waals surface area contributed by atoms with Gasteiger partial charge in [0.2, 0.25) is 5.95 Å². The van der Waals surface area contributed by atoms with E-state index in [-0.39, 0.29) is 17.1 Å². The minimum absolute atomic E-state index is 0.121. The molecular weight excluding hydrogens is 519 g/mol. The van der Waals surface area contributed by atoms with Gasteiger partial charge in [-0.3, -0.25) is 18.9 Å². The second-order valence-electron chi connectivity index (χ2n) is 6.90. The molecular formula is C11H18N5O14P3. The number of phosphoric acid groups is 3. The molecule has 0 aromatic carbocycles. The van der Waals surface area contributed by atoms with Gasteiger partial charge < -0.3 is 40.3 Å². The quantitative estimate of drug-likeness (QED) is 0.170. The molecule has 0 radical (unpaired) electrons. The predicted molar refractivity (Wildman–Crippen MR) is 103 cm³/mol. The van der Waals surface area contributed by atoms with Crippen LogP contribution in [0, 0.1) is 0 Å². The third-order valence-corrected chi connectivity index (χ3v) is 8.07. The Morgan fingerprint density at radius 3 is 2.45 bits per heavy atom. The van der Waals surface area contributed by atoms with E-state index in [0.29, 0.717) is 0 Å². The summed E-state index contributed by atoms with van der Waals surface area (Å²) in [5, 5.41) is 20.8. The highest BCUT2D eigenvalue weighted by Gasteiger charge is 2.54. The van der Waals surface area contributed by atoms with Crippen LogP contribution in [-0.4, -0.2) is 73.7 Å². The van der Waals surface area contributed by atoms with Gasteiger partial charge in [-0.25, -0.2) is 18.7 Å². The SMILES string of the molecule is C[C@]1(COP(=O)(O)OP(=O)(O)OP(=O)(O)O)O[C@@H](n2cnc3c(=O)[nH]c(N)nc32)[C@H](O)[C@@H]1O. The summed E-state index contributed by atoms with van der Waals surface area (Å²) >= 11 is 0. The Bertz CT molecular complexity index is 1260. The van der Waals surface area contributed by atoms with Crippen molar-refractivity contribution in [2.45, 2.75) is 31.0 Å². The topological polar surface area (TPSA) is 299 Å². The number of nitrogens with two attached hydrogens (primary N) is 1. The number of imidazole rings is 1. The number of rotatable bonds is 8. The van der Waals surface area contributed by atoms with Crippen molar-refractivity contribution in [3.8, 4) is 0 Å². The van der Waals surface area contributed by atoms with Gasteiger partial charge in [-0.2, -0.15) is 13.6 Å². The van der Waals surface area contributed by atoms with Crippen molar-refractivity contribution in [1.29, 1.82) is 0 Å². The van der Waals surface area contributed by atoms with Crippen molar-refractivity contribution in [1.82, 2.24) is 19.5 Å². The fraction of sp³-hybridized carbons (Fsp3) is 0.545. The van der Waals surface area contributed by atoms with Crippen LogP contribution in [0.2, 0.25) is 0 Å². The Labute approximate surface area is 182 Å². The lowest BCUT2D eigenvalue weighted by molar-refractivity contribution is -0.113. The minimum Gasteiger partial charge on any atom is -0.387 e. The smallest absolute Gasteiger partial charge is 0.387 e. The maximum absolute atomic E-state index is 11.9. The van der Waals surface area contributed by atoms with Gasteiger partial charge in [0.1, 0.15) is 17.8 Å². The maximum Gasteiger partial charge on any atom is 0.490 e. The lowest BCUT2D eigenvalue weighted by Crippen LogP contribution is -2.44. The van der Waals surface area contributed by atoms with Crippen molar-refractivity contribution >= 4 is 40.6 Å². The van der Waals surface area contributed by atoms with Crippen LogP contribution in [0.25, 0.3) is 11.2 Å². The number of anilines is 1. The van der Waals surface area contributed by atoms with E-state index in [0.717, 1.165) is 17.8 Å². The van der Waals surface area contributed by atoms with Crippen molar-refractivity contribution in [3.63, 3.8) is 0 Å². The average molecular weight is 537 g/mol. The Kier molecular flexibility index (Phi) is 6.78. The highest BCUT2D eigenvalue weighted by Crippen LogP contribution is 2.66. The number of aromatic nitrogens is 4. The molecule has 3 rings (SSSR count). The van der Waals surface area contributed by atoms with Crippen LogP contribution in [0.4, 0.5) is 5.95 Å². The summed E-state index contributed by atoms with van der Waals surface area (Å²) in [6, 6.07) is 0. The first-order valence-corrected chi connectivity index (χ1v) is 13.0. The number of aromatic amines is 1. The number of hydrogen-bond acceptors (Lipinski definition) is 13. The zero-order chi connectivity index (χ0) is 25.0. The minimum atomic E-state index is -5.75. The summed E-state index contributed by atoms with van der Waals surface area (Å²) < 4.78 is 52.3. The van der Waals surface area contributed by atoms with Gasteiger partial charge in [-0.15, -0.1) is 0 Å². The molecule has 2 aromatic rings. The van der Waals surface area contributed by atoms with E-state index >= 15 is 0 Å². The molecule has 2 aromatic heterocycles. The summed E-state index contributed by atoms with van der Waals surface area (Å²) in [7, 11) is -16.9. The number of ether oxygens (including phenoxy) is 1. The second-order valence-corrected chi connectivity index (χ2v) is 11.3. The molecule has 0 saturated carbocycles. The van der Waals surface area contributed by atoms with Crippen LogP contribution in [0.5, 0.6) is 0 Å². The molecule has 0 aliphatic carbocycles. The summed E-state index contributed by atoms with van der Waals surface area (Å²) in [6.45, 7) is 0.0769. The van der Waals surface area contributed by atoms with E-state index in [1.165, 1.54) is 0 Å². The number of hydrogen-bond donors (Lipinski definition) is 8. The molecule has 1 saturated heterocycles. The van der Waals surface area contributed by atoms with Crippen LogP contribution in [0.1, 0.15) is 13.2 Å². The first kappa shape index (κ1) is 26.1. The van der Waals surface area contributed by atoms with Crippen LogP contribution in [0.15, 0.2) is 11.1 Å². The second kappa shape index (κ2) is 8.58. The molecule has 3 heterocycles. The third kappa shape index (κ3) is 5.75. The Balaban J connectivity index is 1.79. The maximum atomic E-state index is 11.9. The molecule has 1 aliphatic heterocycles. The lowest BCUT2D eigenvalue weighted by atomic mass is 9.99. The van der Waals surface area contributed by atoms with E-state index in [1.54, 1.807) is 0 Å². The van der Waals surface area contributed by atoms with Crippen molar-refractivity contribution < 1.29 is 61.4 Å². The fourth-order valence-electron chi connectivity index (χ4n) is 2.92. The van der Waals surface area contributed by atoms with E-state index in [2.05, 4.69) is 28.1 Å². The van der Waals surface area contributed by atoms with Crippen LogP contribution < -0.4 is 11.3 Å². The number of phosphoric ester groups is 1. The molecule has 6 atom stereocenters. The largest absolute Gasteiger partial charge is 0.490 e. The summed E-state index contributed by atoms with van der Waals surface area (Å²) in [6.07, 6.45) is -3.92. The molecule has 33 heavy (non-hydrogen) atoms. The fourth-order valence-corrected chi connectivity index (χ4v) is 6.03. The predicted octanol–water partition coefficient (Wildman–Crippen LogP) is -1.95. The van der Waals surface area contributed by atoms with Gasteiger partial charge >= 0.3 is 23.5 Å². The molecule has 0 spiro atoms. The third-order valence-electron chi connectivity index (χ3n) is 4.29. The van der Waals surface area contributed by atoms with E-state index < -0.39 is 59.7 Å². The van der Waals surface area contributed by atoms with Gasteiger partial charge in [-0.1, -0.05) is 0 Å². The number of H-pyrrole nitrogens is 1. The van der Waals surface area contributed by atoms with Crippen LogP contribution >= 0.6 is 23.5 Å². The Morgan fingerprint density at radius 1 is 1.21 bits per heavy atom. The standard InChI is InChI=1S/C11H18N5O14P3/c1-11(2-27-32(23,24)30-33(25,26)29-31(20,21)22)6(18)5(17)9(28-11)16-3-13-4-7(16)14-10(12)15-8(4)19/h3,5-6,9,17-18H,2H2,1H3,(H,23,24)(H,25,26)(H2,20,21,22)(H3,12,14,15,19)/t5-,6+,9-,11-/m1/s1. The Morgan fingerprint density at radius 2 is 1.85 bits per heavy atom. The van der Waals surface area contributed by atoms with Gasteiger partial charge in [0, 0.05) is 0 Å². The van der Waals surface area contributed by atoms with Crippen molar-refractivity contribution in [3.05, 3.63) is 16.7 Å². The zero-order valence-electron chi connectivity index (χ0n) is 16.2. The van der Waals surface area contributed by atoms with Crippen LogP contribution in [-0.2, 0) is 31.6 Å². The van der Waals surface area contributed by atoms with E-state index in [1.807, 2.05) is 0 Å². The van der Waals surface area contributed by atoms with Gasteiger partial charge in [0.05, 0.1) is 12.9 Å². The highest BCUT2D eigenvalue weighted by molar-refractivity contribution is 7.66. The van der Waals surface area contributed by atoms with E-state index in [4.69, 9.17) is 20.3 Å². The molecule has 0 bridgehead atoms. The molecule has 0 amide bonds. The number of nitrogen functional groups attached to an aromatic ring is 1. The van der Waals surface area contributed by atoms with Crippen LogP contribution in [0.3, 0.4) is 0 Å². The van der Waals surface area contributed by atoms with Crippen molar-refractivity contribution in [2.24, 2.45) is 0 Å². The van der Waals surface area contributed by atoms with Gasteiger partial charge in [0.15, 0.2) is 17.4 Å². The normalized spacial score (nSPS) is 29.7. The monoisotopic (exact) mass is 537 g/mol. The first-order chi connectivity index (χ1) is 14.9. The highest BCUT2D eigenvalue weighted by atomic mass is 31.3. The number of nitrogens with zero attached hydrogens (tertiary/aromatic N) is 3. The summed E-state index contributed by atoms with van der Waals surface area (Å²) in [5.41, 5.74) is 2.55. The number of nitrogens with one attached hydrogen (secondary N) is 1. The molecule has 22 heteroatoms. The van der Waals surface area contributed by atoms with Gasteiger partial charge in [-0.05, 0) is 6.92 Å². The molecule has 1 fully saturated rings. The molecule has 186 valence electrons. The summed E-state index contributed by atoms with van der Waals surface area (Å²) in [4.78, 5) is 57.7. The molecule has 2 unspecified atom stereocenters. The lowest BCUT2D eigenvalue weighted by Gasteiger charge is -2.28. The molecule has 1 aliphatic rings. The number of aliphatic hydroxyl groups excluding tert-OH is 2. The average Bonchev–Trinajstić information content (AvgIpc) is 3.12. The van der Waals surface area contributed by atoms with E-state index in [9.17, 15) is 38.5 Å².